The minimum Gasteiger partial charge on any atom is -0.490 e. The molecule has 1 aromatic heterocycles. The molecule has 4 aliphatic heterocycles. The number of morpholine rings is 1. The second-order valence-electron chi connectivity index (χ2n) is 18.6. The fourth-order valence-corrected chi connectivity index (χ4v) is 12.7. The second-order valence-corrected chi connectivity index (χ2v) is 20.6. The van der Waals surface area contributed by atoms with Crippen molar-refractivity contribution in [2.75, 3.05) is 76.9 Å². The van der Waals surface area contributed by atoms with E-state index in [1.165, 1.54) is 16.7 Å². The lowest BCUT2D eigenvalue weighted by Gasteiger charge is -2.46. The Morgan fingerprint density at radius 3 is 2.82 bits per heavy atom. The van der Waals surface area contributed by atoms with Crippen molar-refractivity contribution in [3.05, 3.63) is 94.3 Å². The SMILES string of the molecule is CO[C@H]1/C=C/C[C@H](C)C[S@@](=O)(NC(=O)c2cc(CN3CCN4CCOC[C@@H]4C3)n(C)c2)=NC(=O)c2ccc3c(c2)N(C[C@@H]2CC[C@H]21)C[C@@]1(CCCc2cc(C)ccc21)CO3. The highest BCUT2D eigenvalue weighted by Crippen LogP contribution is 2.47. The predicted molar refractivity (Wildman–Crippen MR) is 234 cm³/mol. The number of allylic oxidation sites excluding steroid dienone is 1. The first-order valence-electron chi connectivity index (χ1n) is 22.1. The molecular weight excluding hydrogens is 777 g/mol. The molecule has 0 unspecified atom stereocenters. The van der Waals surface area contributed by atoms with Crippen molar-refractivity contribution in [3.8, 4) is 5.75 Å². The van der Waals surface area contributed by atoms with E-state index in [-0.39, 0.29) is 23.2 Å². The molecule has 1 N–H and O–H groups in total. The molecule has 13 heteroatoms. The second kappa shape index (κ2) is 17.0. The molecule has 12 nitrogen and oxygen atoms in total. The van der Waals surface area contributed by atoms with Crippen LogP contribution in [0.5, 0.6) is 5.75 Å². The van der Waals surface area contributed by atoms with Crippen molar-refractivity contribution >= 4 is 27.4 Å². The van der Waals surface area contributed by atoms with Crippen LogP contribution in [0.25, 0.3) is 0 Å². The van der Waals surface area contributed by atoms with E-state index in [9.17, 15) is 13.8 Å². The Morgan fingerprint density at radius 1 is 1.10 bits per heavy atom. The van der Waals surface area contributed by atoms with Gasteiger partial charge in [0.25, 0.3) is 11.8 Å². The number of amides is 2. The van der Waals surface area contributed by atoms with Crippen LogP contribution in [0, 0.1) is 24.7 Å². The van der Waals surface area contributed by atoms with E-state index >= 15 is 0 Å². The van der Waals surface area contributed by atoms with Crippen molar-refractivity contribution in [3.63, 3.8) is 0 Å². The predicted octanol–water partition coefficient (Wildman–Crippen LogP) is 5.91. The maximum absolute atomic E-state index is 14.9. The summed E-state index contributed by atoms with van der Waals surface area (Å²) < 4.78 is 42.7. The number of hydrogen-bond donors (Lipinski definition) is 1. The van der Waals surface area contributed by atoms with Crippen LogP contribution in [-0.4, -0.2) is 114 Å². The molecule has 3 aromatic rings. The molecule has 1 spiro atoms. The van der Waals surface area contributed by atoms with Crippen LogP contribution in [0.4, 0.5) is 5.69 Å². The van der Waals surface area contributed by atoms with Gasteiger partial charge in [0, 0.05) is 88.9 Å². The van der Waals surface area contributed by atoms with Crippen LogP contribution in [0.3, 0.4) is 0 Å². The van der Waals surface area contributed by atoms with E-state index < -0.39 is 21.7 Å². The van der Waals surface area contributed by atoms with Crippen LogP contribution in [-0.2, 0) is 44.8 Å². The van der Waals surface area contributed by atoms with Gasteiger partial charge in [-0.25, -0.2) is 4.21 Å². The van der Waals surface area contributed by atoms with Gasteiger partial charge in [0.1, 0.15) is 15.7 Å². The summed E-state index contributed by atoms with van der Waals surface area (Å²) in [5, 5.41) is 0. The Kier molecular flexibility index (Phi) is 11.7. The van der Waals surface area contributed by atoms with Crippen LogP contribution in [0.15, 0.2) is 65.2 Å². The van der Waals surface area contributed by atoms with Gasteiger partial charge in [-0.1, -0.05) is 42.8 Å². The van der Waals surface area contributed by atoms with Gasteiger partial charge in [-0.05, 0) is 98.6 Å². The zero-order valence-corrected chi connectivity index (χ0v) is 36.6. The highest BCUT2D eigenvalue weighted by atomic mass is 32.2. The number of anilines is 1. The molecule has 2 amide bonds. The number of aromatic nitrogens is 1. The van der Waals surface area contributed by atoms with Crippen molar-refractivity contribution < 1.29 is 28.0 Å². The highest BCUT2D eigenvalue weighted by Gasteiger charge is 2.44. The molecule has 7 atom stereocenters. The summed E-state index contributed by atoms with van der Waals surface area (Å²) in [6.07, 6.45) is 12.0. The molecule has 1 saturated carbocycles. The lowest BCUT2D eigenvalue weighted by molar-refractivity contribution is -0.0464. The number of nitrogens with one attached hydrogen (secondary N) is 1. The molecule has 322 valence electrons. The van der Waals surface area contributed by atoms with E-state index in [4.69, 9.17) is 14.2 Å². The fourth-order valence-electron chi connectivity index (χ4n) is 10.8. The number of carbonyl (C=O) groups excluding carboxylic acids is 2. The molecule has 2 bridgehead atoms. The maximum Gasteiger partial charge on any atom is 0.286 e. The van der Waals surface area contributed by atoms with E-state index in [1.54, 1.807) is 19.4 Å². The van der Waals surface area contributed by atoms with Gasteiger partial charge < -0.3 is 23.7 Å². The third-order valence-electron chi connectivity index (χ3n) is 14.2. The van der Waals surface area contributed by atoms with Crippen molar-refractivity contribution in [1.82, 2.24) is 19.1 Å². The molecular formula is C47H62N6O6S. The van der Waals surface area contributed by atoms with Gasteiger partial charge in [-0.15, -0.1) is 4.36 Å². The minimum atomic E-state index is -3.56. The van der Waals surface area contributed by atoms with E-state index in [0.29, 0.717) is 48.6 Å². The van der Waals surface area contributed by atoms with Gasteiger partial charge in [-0.3, -0.25) is 24.1 Å². The summed E-state index contributed by atoms with van der Waals surface area (Å²) in [6.45, 7) is 12.3. The number of rotatable bonds is 5. The molecule has 9 rings (SSSR count). The van der Waals surface area contributed by atoms with Crippen LogP contribution in [0.2, 0.25) is 0 Å². The zero-order valence-electron chi connectivity index (χ0n) is 35.8. The molecule has 5 heterocycles. The van der Waals surface area contributed by atoms with Gasteiger partial charge in [-0.2, -0.15) is 0 Å². The van der Waals surface area contributed by atoms with Crippen molar-refractivity contribution in [2.45, 2.75) is 76.5 Å². The highest BCUT2D eigenvalue weighted by molar-refractivity contribution is 7.92. The number of ether oxygens (including phenoxy) is 3. The third-order valence-corrected chi connectivity index (χ3v) is 16.2. The summed E-state index contributed by atoms with van der Waals surface area (Å²) in [7, 11) is 0.162. The Bertz CT molecular complexity index is 2260. The molecule has 2 aromatic carbocycles. The largest absolute Gasteiger partial charge is 0.490 e. The Balaban J connectivity index is 1.02. The number of methoxy groups -OCH3 is 1. The van der Waals surface area contributed by atoms with Crippen molar-refractivity contribution in [2.24, 2.45) is 29.2 Å². The first-order valence-corrected chi connectivity index (χ1v) is 23.8. The zero-order chi connectivity index (χ0) is 41.6. The Labute approximate surface area is 355 Å². The monoisotopic (exact) mass is 838 g/mol. The number of fused-ring (bicyclic) bond motifs is 5. The van der Waals surface area contributed by atoms with Crippen LogP contribution >= 0.6 is 0 Å². The third kappa shape index (κ3) is 8.44. The summed E-state index contributed by atoms with van der Waals surface area (Å²) in [5.41, 5.74) is 6.38. The first kappa shape index (κ1) is 41.3. The van der Waals surface area contributed by atoms with Crippen LogP contribution < -0.4 is 14.4 Å². The van der Waals surface area contributed by atoms with Crippen molar-refractivity contribution in [1.29, 1.82) is 0 Å². The number of carbonyl (C=O) groups is 2. The van der Waals surface area contributed by atoms with Gasteiger partial charge >= 0.3 is 0 Å². The topological polar surface area (TPSA) is 118 Å². The normalized spacial score (nSPS) is 31.7. The Hall–Kier alpha value is -4.01. The first-order chi connectivity index (χ1) is 29.0. The molecule has 3 fully saturated rings. The lowest BCUT2D eigenvalue weighted by Crippen LogP contribution is -2.57. The quantitative estimate of drug-likeness (QED) is 0.313. The summed E-state index contributed by atoms with van der Waals surface area (Å²) in [5.74, 6) is 0.248. The molecule has 0 radical (unpaired) electrons. The fraction of sp³-hybridized carbons (Fsp3) is 0.574. The van der Waals surface area contributed by atoms with Gasteiger partial charge in [0.05, 0.1) is 42.9 Å². The number of hydrogen-bond acceptors (Lipinski definition) is 9. The standard InChI is InChI=1S/C47H62N6O6S/c1-32-10-14-41-34(21-32)8-6-16-47(41)30-53-25-36-11-13-40(36)43(57-4)9-5-7-33(2)29-60(56,48-45(54)35-12-15-44(59-31-47)42(53)23-35)49-46(55)37-22-38(50(3)24-37)26-51-17-18-52-19-20-58-28-39(52)27-51/h5,9-10,12,14-15,21-24,33,36,39-40,43H,6-8,11,13,16-20,25-31H2,1-4H3,(H,48,49,54,55,56)/b9-5+/t33-,36-,39-,40+,43-,47-,60-/m0/s1. The maximum atomic E-state index is 14.9. The summed E-state index contributed by atoms with van der Waals surface area (Å²) in [6, 6.07) is 14.6. The summed E-state index contributed by atoms with van der Waals surface area (Å²) in [4.78, 5) is 35.7. The number of aryl methyl sites for hydroxylation is 3. The average Bonchev–Trinajstić information content (AvgIpc) is 3.51. The van der Waals surface area contributed by atoms with E-state index in [2.05, 4.69) is 61.1 Å². The Morgan fingerprint density at radius 2 is 1.98 bits per heavy atom. The van der Waals surface area contributed by atoms with Gasteiger partial charge in [0.2, 0.25) is 0 Å². The smallest absolute Gasteiger partial charge is 0.286 e. The number of benzene rings is 2. The average molecular weight is 839 g/mol. The minimum absolute atomic E-state index is 0.0214. The number of piperazine rings is 1. The lowest BCUT2D eigenvalue weighted by atomic mass is 9.68. The molecule has 60 heavy (non-hydrogen) atoms. The van der Waals surface area contributed by atoms with E-state index in [0.717, 1.165) is 102 Å². The molecule has 2 saturated heterocycles. The summed E-state index contributed by atoms with van der Waals surface area (Å²) >= 11 is 0. The molecule has 6 aliphatic rings. The van der Waals surface area contributed by atoms with E-state index in [1.807, 2.05) is 36.7 Å². The van der Waals surface area contributed by atoms with Gasteiger partial charge in [0.15, 0.2) is 0 Å². The molecule has 2 aliphatic carbocycles. The van der Waals surface area contributed by atoms with Crippen LogP contribution in [0.1, 0.15) is 82.1 Å². The number of nitrogens with zero attached hydrogens (tertiary/aromatic N) is 5.